The van der Waals surface area contributed by atoms with E-state index in [1.807, 2.05) is 17.0 Å². The Morgan fingerprint density at radius 2 is 1.36 bits per heavy atom. The molecule has 28 heavy (non-hydrogen) atoms. The number of nitrogens with zero attached hydrogens (tertiary/aromatic N) is 1. The van der Waals surface area contributed by atoms with Crippen molar-refractivity contribution in [2.45, 2.75) is 72.8 Å². The molecule has 4 N–H and O–H groups in total. The molecule has 160 valence electrons. The first kappa shape index (κ1) is 26.4. The zero-order valence-corrected chi connectivity index (χ0v) is 20.1. The minimum atomic E-state index is -0.500. The number of benzene rings is 1. The van der Waals surface area contributed by atoms with Crippen molar-refractivity contribution in [3.63, 3.8) is 0 Å². The smallest absolute Gasteiger partial charge is 0.259 e. The highest BCUT2D eigenvalue weighted by molar-refractivity contribution is 7.80. The fourth-order valence-electron chi connectivity index (χ4n) is 2.64. The minimum Gasteiger partial charge on any atom is -0.507 e. The van der Waals surface area contributed by atoms with Crippen LogP contribution in [0.3, 0.4) is 0 Å². The van der Waals surface area contributed by atoms with Gasteiger partial charge in [0.15, 0.2) is 0 Å². The van der Waals surface area contributed by atoms with E-state index in [9.17, 15) is 5.11 Å². The molecule has 0 saturated carbocycles. The molecule has 0 fully saturated rings. The lowest BCUT2D eigenvalue weighted by Crippen LogP contribution is -2.30. The molecule has 0 spiro atoms. The molecule has 1 aromatic carbocycles. The van der Waals surface area contributed by atoms with Gasteiger partial charge in [-0.15, -0.1) is 0 Å². The first-order valence-electron chi connectivity index (χ1n) is 9.42. The number of rotatable bonds is 4. The number of ether oxygens (including phenoxy) is 1. The maximum atomic E-state index is 10.8. The minimum absolute atomic E-state index is 0.139. The van der Waals surface area contributed by atoms with E-state index < -0.39 is 5.17 Å². The summed E-state index contributed by atoms with van der Waals surface area (Å²) < 4.78 is 5.82. The third-order valence-electron chi connectivity index (χ3n) is 4.17. The summed E-state index contributed by atoms with van der Waals surface area (Å²) in [6.07, 6.45) is 0. The number of hydrogen-bond acceptors (Lipinski definition) is 4. The summed E-state index contributed by atoms with van der Waals surface area (Å²) in [7, 11) is 0. The van der Waals surface area contributed by atoms with Gasteiger partial charge in [-0.05, 0) is 77.9 Å². The highest BCUT2D eigenvalue weighted by Gasteiger charge is 2.26. The largest absolute Gasteiger partial charge is 0.507 e. The van der Waals surface area contributed by atoms with Crippen molar-refractivity contribution < 1.29 is 14.9 Å². The average molecular weight is 429 g/mol. The van der Waals surface area contributed by atoms with Crippen LogP contribution < -0.4 is 5.73 Å². The molecular formula is C21H36N2O3S2. The van der Waals surface area contributed by atoms with Crippen molar-refractivity contribution in [1.82, 2.24) is 4.90 Å². The van der Waals surface area contributed by atoms with Crippen LogP contribution in [-0.2, 0) is 22.2 Å². The second-order valence-electron chi connectivity index (χ2n) is 8.60. The third kappa shape index (κ3) is 8.61. The van der Waals surface area contributed by atoms with E-state index in [1.165, 1.54) is 0 Å². The Morgan fingerprint density at radius 3 is 1.64 bits per heavy atom. The van der Waals surface area contributed by atoms with E-state index in [0.717, 1.165) is 29.8 Å². The van der Waals surface area contributed by atoms with Crippen LogP contribution in [-0.4, -0.2) is 38.6 Å². The van der Waals surface area contributed by atoms with Crippen molar-refractivity contribution in [3.8, 4) is 5.75 Å². The lowest BCUT2D eigenvalue weighted by Gasteiger charge is -2.28. The Kier molecular flexibility index (Phi) is 10.2. The monoisotopic (exact) mass is 428 g/mol. The van der Waals surface area contributed by atoms with Crippen LogP contribution in [0.15, 0.2) is 12.1 Å². The maximum Gasteiger partial charge on any atom is 0.259 e. The molecule has 5 nitrogen and oxygen atoms in total. The number of hydrogen-bond donors (Lipinski definition) is 3. The zero-order valence-electron chi connectivity index (χ0n) is 18.4. The first-order valence-corrected chi connectivity index (χ1v) is 10.2. The predicted molar refractivity (Wildman–Crippen MR) is 125 cm³/mol. The molecule has 7 heteroatoms. The maximum absolute atomic E-state index is 10.8. The van der Waals surface area contributed by atoms with Gasteiger partial charge in [0, 0.05) is 13.1 Å². The van der Waals surface area contributed by atoms with Crippen LogP contribution in [0.2, 0.25) is 0 Å². The van der Waals surface area contributed by atoms with Gasteiger partial charge in [0.05, 0.1) is 0 Å². The van der Waals surface area contributed by atoms with Crippen LogP contribution in [0.5, 0.6) is 5.75 Å². The summed E-state index contributed by atoms with van der Waals surface area (Å²) in [6, 6.07) is 4.07. The predicted octanol–water partition coefficient (Wildman–Crippen LogP) is 4.92. The number of phenolic OH excluding ortho intramolecular Hbond substituents is 1. The van der Waals surface area contributed by atoms with E-state index in [-0.39, 0.29) is 10.8 Å². The molecule has 0 bridgehead atoms. The first-order chi connectivity index (χ1) is 12.6. The third-order valence-corrected chi connectivity index (χ3v) is 4.55. The Hall–Kier alpha value is -1.60. The number of aliphatic hydroxyl groups excluding tert-OH is 1. The van der Waals surface area contributed by atoms with Crippen molar-refractivity contribution >= 4 is 34.8 Å². The average Bonchev–Trinajstić information content (AvgIpc) is 2.52. The number of nitrogens with two attached hydrogens (primary N) is 1. The molecule has 0 amide bonds. The molecule has 0 aliphatic carbocycles. The Morgan fingerprint density at radius 1 is 1.00 bits per heavy atom. The Labute approximate surface area is 180 Å². The number of aromatic hydroxyl groups is 1. The van der Waals surface area contributed by atoms with E-state index >= 15 is 0 Å². The number of thiocarbonyl (C=S) groups is 2. The van der Waals surface area contributed by atoms with Crippen molar-refractivity contribution in [1.29, 1.82) is 0 Å². The Balaban J connectivity index is 0.00000165. The van der Waals surface area contributed by atoms with Crippen LogP contribution in [0.25, 0.3) is 0 Å². The highest BCUT2D eigenvalue weighted by Crippen LogP contribution is 2.39. The normalized spacial score (nSPS) is 11.3. The van der Waals surface area contributed by atoms with Gasteiger partial charge in [-0.3, -0.25) is 0 Å². The number of aliphatic hydroxyl groups is 1. The highest BCUT2D eigenvalue weighted by atomic mass is 32.1. The molecule has 0 aliphatic heterocycles. The van der Waals surface area contributed by atoms with E-state index in [1.54, 1.807) is 0 Å². The van der Waals surface area contributed by atoms with Crippen LogP contribution in [0.4, 0.5) is 0 Å². The molecule has 1 rings (SSSR count). The van der Waals surface area contributed by atoms with Crippen molar-refractivity contribution in [2.75, 3.05) is 13.1 Å². The summed E-state index contributed by atoms with van der Waals surface area (Å²) >= 11 is 9.24. The molecule has 0 saturated heterocycles. The van der Waals surface area contributed by atoms with Crippen molar-refractivity contribution in [2.24, 2.45) is 5.73 Å². The van der Waals surface area contributed by atoms with Crippen molar-refractivity contribution in [3.05, 3.63) is 28.8 Å². The van der Waals surface area contributed by atoms with Crippen LogP contribution in [0, 0.1) is 0 Å². The fraction of sp³-hybridized carbons (Fsp3) is 0.619. The zero-order chi connectivity index (χ0) is 22.3. The van der Waals surface area contributed by atoms with Gasteiger partial charge in [-0.2, -0.15) is 0 Å². The quantitative estimate of drug-likeness (QED) is 0.588. The lowest BCUT2D eigenvalue weighted by atomic mass is 9.78. The van der Waals surface area contributed by atoms with Gasteiger partial charge < -0.3 is 25.6 Å². The standard InChI is InChI=1S/C20H33NO2S.CH3NOS/c1-9-21(10-2)18(24)23-13-14-11-15(19(3,4)5)17(22)16(12-14)20(6,7)8;2-1(3)4/h11-12,22H,9-10,13H2,1-8H3;(H3,2,3,4). The Bertz CT molecular complexity index is 634. The second kappa shape index (κ2) is 10.8. The second-order valence-corrected chi connectivity index (χ2v) is 9.37. The van der Waals surface area contributed by atoms with Gasteiger partial charge in [0.25, 0.3) is 10.3 Å². The summed E-state index contributed by atoms with van der Waals surface area (Å²) in [5.74, 6) is 0.394. The summed E-state index contributed by atoms with van der Waals surface area (Å²) in [5, 5.41) is 18.3. The van der Waals surface area contributed by atoms with Gasteiger partial charge in [0.2, 0.25) is 0 Å². The van der Waals surface area contributed by atoms with Gasteiger partial charge >= 0.3 is 0 Å². The van der Waals surface area contributed by atoms with E-state index in [0.29, 0.717) is 17.5 Å². The van der Waals surface area contributed by atoms with E-state index in [2.05, 4.69) is 73.3 Å². The summed E-state index contributed by atoms with van der Waals surface area (Å²) in [6.45, 7) is 18.9. The molecule has 0 atom stereocenters. The van der Waals surface area contributed by atoms with Gasteiger partial charge in [-0.1, -0.05) is 41.5 Å². The van der Waals surface area contributed by atoms with Crippen LogP contribution in [0.1, 0.15) is 72.1 Å². The summed E-state index contributed by atoms with van der Waals surface area (Å²) in [4.78, 5) is 2.02. The van der Waals surface area contributed by atoms with Gasteiger partial charge in [-0.25, -0.2) is 0 Å². The molecule has 0 aliphatic rings. The summed E-state index contributed by atoms with van der Waals surface area (Å²) in [5.41, 5.74) is 7.05. The SMILES string of the molecule is CCN(CC)C(=S)OCc1cc(C(C)(C)C)c(O)c(C(C)(C)C)c1.NC(O)=S. The molecule has 0 radical (unpaired) electrons. The molecule has 1 aromatic rings. The fourth-order valence-corrected chi connectivity index (χ4v) is 2.96. The van der Waals surface area contributed by atoms with Gasteiger partial charge in [0.1, 0.15) is 12.4 Å². The molecule has 0 aromatic heterocycles. The number of phenols is 1. The topological polar surface area (TPSA) is 79.0 Å². The van der Waals surface area contributed by atoms with Crippen LogP contribution >= 0.6 is 24.4 Å². The lowest BCUT2D eigenvalue weighted by molar-refractivity contribution is 0.238. The molecule has 0 heterocycles. The molecular weight excluding hydrogens is 392 g/mol. The van der Waals surface area contributed by atoms with E-state index in [4.69, 9.17) is 22.1 Å². The molecule has 0 unspecified atom stereocenters.